The van der Waals surface area contributed by atoms with E-state index in [-0.39, 0.29) is 13.1 Å². The van der Waals surface area contributed by atoms with Crippen LogP contribution in [0.3, 0.4) is 0 Å². The van der Waals surface area contributed by atoms with Gasteiger partial charge in [0.05, 0.1) is 0 Å². The Morgan fingerprint density at radius 1 is 1.31 bits per heavy atom. The molecule has 1 aliphatic rings. The first kappa shape index (κ1) is 13.7. The zero-order valence-corrected chi connectivity index (χ0v) is 9.61. The van der Waals surface area contributed by atoms with Crippen LogP contribution in [0.15, 0.2) is 0 Å². The Labute approximate surface area is 92.4 Å². The molecule has 0 radical (unpaired) electrons. The van der Waals surface area contributed by atoms with Gasteiger partial charge in [-0.05, 0) is 0 Å². The van der Waals surface area contributed by atoms with Gasteiger partial charge in [0.25, 0.3) is 10.2 Å². The van der Waals surface area contributed by atoms with Crippen molar-refractivity contribution in [1.82, 2.24) is 13.9 Å². The molecule has 5 nitrogen and oxygen atoms in total. The number of hydrogen-bond donors (Lipinski definition) is 1. The monoisotopic (exact) mass is 261 g/mol. The van der Waals surface area contributed by atoms with Crippen LogP contribution in [0.2, 0.25) is 0 Å². The van der Waals surface area contributed by atoms with Crippen molar-refractivity contribution in [3.8, 4) is 0 Å². The molecule has 0 atom stereocenters. The molecule has 0 saturated carbocycles. The number of nitrogens with zero attached hydrogens (tertiary/aromatic N) is 2. The van der Waals surface area contributed by atoms with E-state index in [1.54, 1.807) is 0 Å². The highest BCUT2D eigenvalue weighted by atomic mass is 32.2. The number of rotatable bonds is 3. The molecule has 0 aromatic rings. The third kappa shape index (κ3) is 3.58. The van der Waals surface area contributed by atoms with Crippen molar-refractivity contribution in [3.63, 3.8) is 0 Å². The van der Waals surface area contributed by atoms with Crippen molar-refractivity contribution < 1.29 is 21.6 Å². The van der Waals surface area contributed by atoms with E-state index in [0.717, 1.165) is 11.4 Å². The molecule has 1 heterocycles. The third-order valence-corrected chi connectivity index (χ3v) is 4.13. The quantitative estimate of drug-likeness (QED) is 0.754. The predicted molar refractivity (Wildman–Crippen MR) is 52.0 cm³/mol. The van der Waals surface area contributed by atoms with Crippen LogP contribution in [0.25, 0.3) is 0 Å². The molecular weight excluding hydrogens is 247 g/mol. The first-order chi connectivity index (χ1) is 7.23. The Morgan fingerprint density at radius 2 is 1.81 bits per heavy atom. The van der Waals surface area contributed by atoms with Crippen molar-refractivity contribution in [1.29, 1.82) is 0 Å². The Bertz CT molecular complexity index is 324. The van der Waals surface area contributed by atoms with Gasteiger partial charge in [-0.3, -0.25) is 0 Å². The molecule has 0 aromatic carbocycles. The van der Waals surface area contributed by atoms with Crippen LogP contribution in [-0.4, -0.2) is 63.0 Å². The van der Waals surface area contributed by atoms with Gasteiger partial charge in [0, 0.05) is 33.2 Å². The molecular formula is C7H14F3N3O2S. The second-order valence-electron chi connectivity index (χ2n) is 3.53. The Hall–Kier alpha value is -0.380. The fourth-order valence-corrected chi connectivity index (χ4v) is 2.75. The Morgan fingerprint density at radius 3 is 2.25 bits per heavy atom. The first-order valence-electron chi connectivity index (χ1n) is 4.72. The maximum atomic E-state index is 12.1. The summed E-state index contributed by atoms with van der Waals surface area (Å²) in [5, 5.41) is 2.93. The first-order valence-corrected chi connectivity index (χ1v) is 6.12. The van der Waals surface area contributed by atoms with Crippen molar-refractivity contribution in [2.75, 3.05) is 39.8 Å². The van der Waals surface area contributed by atoms with Crippen molar-refractivity contribution in [2.45, 2.75) is 6.18 Å². The minimum atomic E-state index is -4.52. The summed E-state index contributed by atoms with van der Waals surface area (Å²) in [6.45, 7) is -0.146. The second-order valence-corrected chi connectivity index (χ2v) is 5.56. The number of halogens is 3. The topological polar surface area (TPSA) is 52.7 Å². The predicted octanol–water partition coefficient (Wildman–Crippen LogP) is -0.370. The summed E-state index contributed by atoms with van der Waals surface area (Å²) < 4.78 is 61.0. The maximum Gasteiger partial charge on any atom is 0.402 e. The molecule has 1 aliphatic heterocycles. The van der Waals surface area contributed by atoms with Crippen molar-refractivity contribution >= 4 is 10.2 Å². The van der Waals surface area contributed by atoms with E-state index in [1.165, 1.54) is 0 Å². The molecule has 0 unspecified atom stereocenters. The molecule has 0 aliphatic carbocycles. The van der Waals surface area contributed by atoms with E-state index in [2.05, 4.69) is 5.32 Å². The Kier molecular flexibility index (Phi) is 4.16. The number of alkyl halides is 3. The molecule has 0 amide bonds. The molecule has 1 N–H and O–H groups in total. The average molecular weight is 261 g/mol. The van der Waals surface area contributed by atoms with Crippen molar-refractivity contribution in [3.05, 3.63) is 0 Å². The number of piperazine rings is 1. The normalized spacial score (nSPS) is 20.3. The molecule has 1 saturated heterocycles. The van der Waals surface area contributed by atoms with Gasteiger partial charge in [-0.25, -0.2) is 0 Å². The highest BCUT2D eigenvalue weighted by Crippen LogP contribution is 2.18. The zero-order chi connectivity index (χ0) is 12.4. The number of nitrogens with one attached hydrogen (secondary N) is 1. The van der Waals surface area contributed by atoms with E-state index in [9.17, 15) is 21.6 Å². The summed E-state index contributed by atoms with van der Waals surface area (Å²) in [5.41, 5.74) is 0. The minimum Gasteiger partial charge on any atom is -0.314 e. The molecule has 0 spiro atoms. The van der Waals surface area contributed by atoms with Crippen LogP contribution in [0.1, 0.15) is 0 Å². The Balaban J connectivity index is 2.68. The largest absolute Gasteiger partial charge is 0.402 e. The standard InChI is InChI=1S/C7H14F3N3O2S/c1-12(6-7(8,9)10)16(14,15)13-4-2-11-3-5-13/h11H,2-6H2,1H3. The third-order valence-electron chi connectivity index (χ3n) is 2.20. The van der Waals surface area contributed by atoms with E-state index >= 15 is 0 Å². The highest BCUT2D eigenvalue weighted by molar-refractivity contribution is 7.86. The molecule has 1 fully saturated rings. The summed E-state index contributed by atoms with van der Waals surface area (Å²) in [4.78, 5) is 0. The van der Waals surface area contributed by atoms with Gasteiger partial charge >= 0.3 is 6.18 Å². The number of hydrogen-bond acceptors (Lipinski definition) is 3. The van der Waals surface area contributed by atoms with Crippen LogP contribution < -0.4 is 5.32 Å². The highest BCUT2D eigenvalue weighted by Gasteiger charge is 2.36. The molecule has 1 rings (SSSR count). The minimum absolute atomic E-state index is 0.199. The van der Waals surface area contributed by atoms with Gasteiger partial charge in [0.2, 0.25) is 0 Å². The maximum absolute atomic E-state index is 12.1. The lowest BCUT2D eigenvalue weighted by Crippen LogP contribution is -2.52. The van der Waals surface area contributed by atoms with Crippen LogP contribution in [-0.2, 0) is 10.2 Å². The lowest BCUT2D eigenvalue weighted by Gasteiger charge is -2.30. The average Bonchev–Trinajstić information content (AvgIpc) is 2.16. The summed E-state index contributed by atoms with van der Waals surface area (Å²) in [7, 11) is -3.05. The van der Waals surface area contributed by atoms with Crippen LogP contribution in [0.4, 0.5) is 13.2 Å². The van der Waals surface area contributed by atoms with Gasteiger partial charge in [-0.15, -0.1) is 0 Å². The lowest BCUT2D eigenvalue weighted by molar-refractivity contribution is -0.134. The van der Waals surface area contributed by atoms with Crippen LogP contribution in [0.5, 0.6) is 0 Å². The van der Waals surface area contributed by atoms with E-state index in [1.807, 2.05) is 0 Å². The molecule has 0 bridgehead atoms. The van der Waals surface area contributed by atoms with Gasteiger partial charge in [0.15, 0.2) is 0 Å². The van der Waals surface area contributed by atoms with Gasteiger partial charge in [-0.2, -0.15) is 30.2 Å². The van der Waals surface area contributed by atoms with E-state index in [0.29, 0.717) is 17.4 Å². The fraction of sp³-hybridized carbons (Fsp3) is 1.00. The summed E-state index contributed by atoms with van der Waals surface area (Å²) in [6.07, 6.45) is -4.52. The molecule has 9 heteroatoms. The fourth-order valence-electron chi connectivity index (χ4n) is 1.41. The summed E-state index contributed by atoms with van der Waals surface area (Å²) >= 11 is 0. The molecule has 16 heavy (non-hydrogen) atoms. The summed E-state index contributed by atoms with van der Waals surface area (Å²) in [5.74, 6) is 0. The molecule has 96 valence electrons. The zero-order valence-electron chi connectivity index (χ0n) is 8.79. The molecule has 0 aromatic heterocycles. The van der Waals surface area contributed by atoms with Gasteiger partial charge < -0.3 is 5.32 Å². The lowest BCUT2D eigenvalue weighted by atomic mass is 10.4. The SMILES string of the molecule is CN(CC(F)(F)F)S(=O)(=O)N1CCNCC1. The summed E-state index contributed by atoms with van der Waals surface area (Å²) in [6, 6.07) is 0. The van der Waals surface area contributed by atoms with Crippen molar-refractivity contribution in [2.24, 2.45) is 0 Å². The second kappa shape index (κ2) is 4.86. The van der Waals surface area contributed by atoms with Gasteiger partial charge in [-0.1, -0.05) is 0 Å². The van der Waals surface area contributed by atoms with E-state index in [4.69, 9.17) is 0 Å². The van der Waals surface area contributed by atoms with E-state index < -0.39 is 22.9 Å². The van der Waals surface area contributed by atoms with Crippen LogP contribution in [0, 0.1) is 0 Å². The van der Waals surface area contributed by atoms with Gasteiger partial charge in [0.1, 0.15) is 6.54 Å². The smallest absolute Gasteiger partial charge is 0.314 e. The van der Waals surface area contributed by atoms with Crippen LogP contribution >= 0.6 is 0 Å².